The molecule has 0 spiro atoms. The third kappa shape index (κ3) is 4.00. The maximum atomic E-state index is 6.16. The van der Waals surface area contributed by atoms with Gasteiger partial charge in [-0.3, -0.25) is 0 Å². The van der Waals surface area contributed by atoms with Crippen molar-refractivity contribution in [3.05, 3.63) is 38.8 Å². The summed E-state index contributed by atoms with van der Waals surface area (Å²) in [5, 5.41) is 3.91. The van der Waals surface area contributed by atoms with Crippen LogP contribution in [-0.4, -0.2) is 11.6 Å². The Balaban J connectivity index is 2.08. The van der Waals surface area contributed by atoms with Crippen LogP contribution in [-0.2, 0) is 6.54 Å². The molecule has 0 atom stereocenters. The fourth-order valence-corrected chi connectivity index (χ4v) is 2.69. The molecule has 2 aromatic rings. The molecule has 0 aliphatic rings. The van der Waals surface area contributed by atoms with Crippen LogP contribution in [0, 0.1) is 0 Å². The van der Waals surface area contributed by atoms with Gasteiger partial charge in [0, 0.05) is 11.1 Å². The maximum Gasteiger partial charge on any atom is 0.183 e. The molecule has 102 valence electrons. The van der Waals surface area contributed by atoms with Gasteiger partial charge in [-0.05, 0) is 18.6 Å². The van der Waals surface area contributed by atoms with Crippen LogP contribution >= 0.6 is 34.5 Å². The highest BCUT2D eigenvalue weighted by atomic mass is 35.5. The summed E-state index contributed by atoms with van der Waals surface area (Å²) in [5.74, 6) is 0.696. The van der Waals surface area contributed by atoms with E-state index >= 15 is 0 Å². The highest BCUT2D eigenvalue weighted by Gasteiger charge is 2.08. The lowest BCUT2D eigenvalue weighted by atomic mass is 10.3. The van der Waals surface area contributed by atoms with Crippen molar-refractivity contribution >= 4 is 40.2 Å². The molecule has 1 aromatic heterocycles. The molecule has 0 saturated carbocycles. The fourth-order valence-electron chi connectivity index (χ4n) is 1.55. The molecular weight excluding hydrogens is 303 g/mol. The average Bonchev–Trinajstić information content (AvgIpc) is 2.81. The van der Waals surface area contributed by atoms with Gasteiger partial charge in [0.25, 0.3) is 0 Å². The van der Waals surface area contributed by atoms with E-state index in [1.165, 1.54) is 11.3 Å². The molecule has 1 heterocycles. The van der Waals surface area contributed by atoms with E-state index in [-0.39, 0.29) is 0 Å². The Morgan fingerprint density at radius 1 is 1.37 bits per heavy atom. The molecular formula is C13H14Cl2N2OS. The van der Waals surface area contributed by atoms with Crippen molar-refractivity contribution in [2.75, 3.05) is 11.9 Å². The Kier molecular flexibility index (Phi) is 5.31. The SMILES string of the molecule is CCCOc1c(Cl)cccc1NCc1cnc(Cl)s1. The van der Waals surface area contributed by atoms with Crippen LogP contribution in [0.15, 0.2) is 24.4 Å². The molecule has 0 radical (unpaired) electrons. The van der Waals surface area contributed by atoms with Gasteiger partial charge in [-0.2, -0.15) is 0 Å². The molecule has 19 heavy (non-hydrogen) atoms. The normalized spacial score (nSPS) is 10.5. The minimum Gasteiger partial charge on any atom is -0.490 e. The van der Waals surface area contributed by atoms with E-state index < -0.39 is 0 Å². The van der Waals surface area contributed by atoms with Gasteiger partial charge in [0.15, 0.2) is 10.2 Å². The average molecular weight is 317 g/mol. The number of ether oxygens (including phenoxy) is 1. The van der Waals surface area contributed by atoms with Gasteiger partial charge in [0.1, 0.15) is 0 Å². The number of benzene rings is 1. The lowest BCUT2D eigenvalue weighted by Gasteiger charge is -2.13. The van der Waals surface area contributed by atoms with E-state index in [0.29, 0.717) is 28.4 Å². The number of halogens is 2. The molecule has 6 heteroatoms. The molecule has 0 amide bonds. The zero-order chi connectivity index (χ0) is 13.7. The van der Waals surface area contributed by atoms with Gasteiger partial charge < -0.3 is 10.1 Å². The standard InChI is InChI=1S/C13H14Cl2N2OS/c1-2-6-18-12-10(14)4-3-5-11(12)16-7-9-8-17-13(15)19-9/h3-5,8,16H,2,6-7H2,1H3. The highest BCUT2D eigenvalue weighted by Crippen LogP contribution is 2.33. The van der Waals surface area contributed by atoms with Crippen LogP contribution in [0.25, 0.3) is 0 Å². The van der Waals surface area contributed by atoms with E-state index in [9.17, 15) is 0 Å². The first-order valence-electron chi connectivity index (χ1n) is 5.96. The van der Waals surface area contributed by atoms with Gasteiger partial charge in [-0.1, -0.05) is 36.2 Å². The van der Waals surface area contributed by atoms with Crippen molar-refractivity contribution in [2.45, 2.75) is 19.9 Å². The predicted molar refractivity (Wildman–Crippen MR) is 81.7 cm³/mol. The summed E-state index contributed by atoms with van der Waals surface area (Å²) in [5.41, 5.74) is 0.880. The summed E-state index contributed by atoms with van der Waals surface area (Å²) in [6, 6.07) is 5.66. The van der Waals surface area contributed by atoms with Crippen molar-refractivity contribution in [1.82, 2.24) is 4.98 Å². The Labute approximate surface area is 126 Å². The molecule has 0 fully saturated rings. The molecule has 3 nitrogen and oxygen atoms in total. The van der Waals surface area contributed by atoms with Gasteiger partial charge in [0.2, 0.25) is 0 Å². The Bertz CT molecular complexity index is 545. The highest BCUT2D eigenvalue weighted by molar-refractivity contribution is 7.15. The molecule has 1 aromatic carbocycles. The second-order valence-electron chi connectivity index (χ2n) is 3.90. The van der Waals surface area contributed by atoms with Crippen LogP contribution in [0.3, 0.4) is 0 Å². The largest absolute Gasteiger partial charge is 0.490 e. The zero-order valence-electron chi connectivity index (χ0n) is 10.5. The first-order valence-corrected chi connectivity index (χ1v) is 7.53. The van der Waals surface area contributed by atoms with Crippen LogP contribution in [0.1, 0.15) is 18.2 Å². The second-order valence-corrected chi connectivity index (χ2v) is 6.00. The molecule has 1 N–H and O–H groups in total. The van der Waals surface area contributed by atoms with Crippen molar-refractivity contribution < 1.29 is 4.74 Å². The molecule has 2 rings (SSSR count). The molecule has 0 saturated heterocycles. The van der Waals surface area contributed by atoms with Crippen molar-refractivity contribution in [2.24, 2.45) is 0 Å². The molecule has 0 unspecified atom stereocenters. The monoisotopic (exact) mass is 316 g/mol. The van der Waals surface area contributed by atoms with E-state index in [2.05, 4.69) is 17.2 Å². The molecule has 0 aliphatic heterocycles. The second kappa shape index (κ2) is 6.98. The predicted octanol–water partition coefficient (Wildman–Crippen LogP) is 4.85. The van der Waals surface area contributed by atoms with Crippen molar-refractivity contribution in [3.8, 4) is 5.75 Å². The third-order valence-electron chi connectivity index (χ3n) is 2.40. The van der Waals surface area contributed by atoms with Gasteiger partial charge in [-0.25, -0.2) is 4.98 Å². The number of rotatable bonds is 6. The third-order valence-corrected chi connectivity index (χ3v) is 3.81. The van der Waals surface area contributed by atoms with Gasteiger partial charge in [0.05, 0.1) is 23.9 Å². The quantitative estimate of drug-likeness (QED) is 0.827. The number of nitrogens with zero attached hydrogens (tertiary/aromatic N) is 1. The van der Waals surface area contributed by atoms with Crippen molar-refractivity contribution in [3.63, 3.8) is 0 Å². The molecule has 0 bridgehead atoms. The zero-order valence-corrected chi connectivity index (χ0v) is 12.8. The Hall–Kier alpha value is -0.970. The van der Waals surface area contributed by atoms with Crippen LogP contribution in [0.2, 0.25) is 9.49 Å². The molecule has 0 aliphatic carbocycles. The first kappa shape index (κ1) is 14.4. The number of anilines is 1. The number of thiazole rings is 1. The Morgan fingerprint density at radius 2 is 2.21 bits per heavy atom. The Morgan fingerprint density at radius 3 is 2.89 bits per heavy atom. The number of para-hydroxylation sites is 1. The van der Waals surface area contributed by atoms with E-state index in [4.69, 9.17) is 27.9 Å². The smallest absolute Gasteiger partial charge is 0.183 e. The van der Waals surface area contributed by atoms with E-state index in [1.54, 1.807) is 6.20 Å². The van der Waals surface area contributed by atoms with Gasteiger partial charge >= 0.3 is 0 Å². The summed E-state index contributed by atoms with van der Waals surface area (Å²) in [4.78, 5) is 5.07. The summed E-state index contributed by atoms with van der Waals surface area (Å²) in [6.45, 7) is 3.35. The summed E-state index contributed by atoms with van der Waals surface area (Å²) in [6.07, 6.45) is 2.70. The number of aromatic nitrogens is 1. The van der Waals surface area contributed by atoms with Crippen molar-refractivity contribution in [1.29, 1.82) is 0 Å². The number of hydrogen-bond donors (Lipinski definition) is 1. The number of hydrogen-bond acceptors (Lipinski definition) is 4. The lowest BCUT2D eigenvalue weighted by Crippen LogP contribution is -2.03. The van der Waals surface area contributed by atoms with Gasteiger partial charge in [-0.15, -0.1) is 11.3 Å². The summed E-state index contributed by atoms with van der Waals surface area (Å²) >= 11 is 13.4. The van der Waals surface area contributed by atoms with Crippen LogP contribution in [0.4, 0.5) is 5.69 Å². The van der Waals surface area contributed by atoms with Crippen LogP contribution < -0.4 is 10.1 Å². The van der Waals surface area contributed by atoms with E-state index in [0.717, 1.165) is 17.0 Å². The topological polar surface area (TPSA) is 34.1 Å². The summed E-state index contributed by atoms with van der Waals surface area (Å²) < 4.78 is 6.22. The maximum absolute atomic E-state index is 6.16. The van der Waals surface area contributed by atoms with Crippen LogP contribution in [0.5, 0.6) is 5.75 Å². The lowest BCUT2D eigenvalue weighted by molar-refractivity contribution is 0.319. The minimum atomic E-state index is 0.547. The summed E-state index contributed by atoms with van der Waals surface area (Å²) in [7, 11) is 0. The van der Waals surface area contributed by atoms with E-state index in [1.807, 2.05) is 18.2 Å². The first-order chi connectivity index (χ1) is 9.20. The minimum absolute atomic E-state index is 0.547. The fraction of sp³-hybridized carbons (Fsp3) is 0.308. The number of nitrogens with one attached hydrogen (secondary N) is 1.